The minimum atomic E-state index is -1.08. The molecular weight excluding hydrogens is 358 g/mol. The van der Waals surface area contributed by atoms with Crippen LogP contribution in [0.1, 0.15) is 54.5 Å². The van der Waals surface area contributed by atoms with Crippen LogP contribution >= 0.6 is 0 Å². The van der Waals surface area contributed by atoms with Crippen LogP contribution in [0.15, 0.2) is 30.3 Å². The van der Waals surface area contributed by atoms with E-state index in [0.29, 0.717) is 12.1 Å². The number of aliphatic carboxylic acids is 1. The predicted octanol–water partition coefficient (Wildman–Crippen LogP) is 2.94. The molecule has 0 fully saturated rings. The number of carbonyl (C=O) groups is 2. The number of nitrogens with one attached hydrogen (secondary N) is 1. The molecule has 2 aromatic rings. The lowest BCUT2D eigenvalue weighted by Gasteiger charge is -2.21. The summed E-state index contributed by atoms with van der Waals surface area (Å²) in [4.78, 5) is 24.0. The first-order chi connectivity index (χ1) is 13.0. The maximum absolute atomic E-state index is 12.6. The molecule has 0 bridgehead atoms. The van der Waals surface area contributed by atoms with Gasteiger partial charge in [-0.05, 0) is 58.4 Å². The molecule has 7 nitrogen and oxygen atoms in total. The van der Waals surface area contributed by atoms with Crippen molar-refractivity contribution >= 4 is 11.9 Å². The Kier molecular flexibility index (Phi) is 6.96. The molecule has 1 amide bonds. The molecule has 0 radical (unpaired) electrons. The van der Waals surface area contributed by atoms with Crippen molar-refractivity contribution in [2.45, 2.75) is 59.2 Å². The van der Waals surface area contributed by atoms with Crippen LogP contribution in [-0.4, -0.2) is 45.0 Å². The first-order valence-corrected chi connectivity index (χ1v) is 9.33. The number of hydrogen-bond acceptors (Lipinski definition) is 4. The number of carboxylic acid groups (broad SMARTS) is 1. The van der Waals surface area contributed by atoms with Crippen molar-refractivity contribution in [1.82, 2.24) is 15.1 Å². The summed E-state index contributed by atoms with van der Waals surface area (Å²) in [5.74, 6) is -1.50. The fraction of sp³-hybridized carbons (Fsp3) is 0.476. The van der Waals surface area contributed by atoms with Crippen LogP contribution in [0.4, 0.5) is 0 Å². The van der Waals surface area contributed by atoms with Gasteiger partial charge in [-0.15, -0.1) is 0 Å². The smallest absolute Gasteiger partial charge is 0.326 e. The average molecular weight is 387 g/mol. The molecule has 0 aliphatic carbocycles. The number of benzene rings is 1. The molecule has 1 unspecified atom stereocenters. The predicted molar refractivity (Wildman–Crippen MR) is 106 cm³/mol. The third-order valence-electron chi connectivity index (χ3n) is 4.17. The highest BCUT2D eigenvalue weighted by molar-refractivity contribution is 5.96. The highest BCUT2D eigenvalue weighted by Gasteiger charge is 2.22. The van der Waals surface area contributed by atoms with Gasteiger partial charge in [0.15, 0.2) is 0 Å². The summed E-state index contributed by atoms with van der Waals surface area (Å²) in [6.07, 6.45) is 0.198. The molecule has 7 heteroatoms. The fourth-order valence-electron chi connectivity index (χ4n) is 2.80. The number of aryl methyl sites for hydroxylation is 2. The van der Waals surface area contributed by atoms with Crippen molar-refractivity contribution < 1.29 is 19.4 Å². The van der Waals surface area contributed by atoms with Crippen molar-refractivity contribution in [1.29, 1.82) is 0 Å². The van der Waals surface area contributed by atoms with Gasteiger partial charge in [0, 0.05) is 24.3 Å². The first-order valence-electron chi connectivity index (χ1n) is 9.33. The summed E-state index contributed by atoms with van der Waals surface area (Å²) in [5, 5.41) is 16.4. The zero-order chi connectivity index (χ0) is 20.9. The van der Waals surface area contributed by atoms with Gasteiger partial charge in [-0.3, -0.25) is 9.48 Å². The summed E-state index contributed by atoms with van der Waals surface area (Å²) in [5.41, 5.74) is 2.96. The Balaban J connectivity index is 2.04. The Labute approximate surface area is 165 Å². The third kappa shape index (κ3) is 6.49. The van der Waals surface area contributed by atoms with Gasteiger partial charge in [0.25, 0.3) is 5.91 Å². The van der Waals surface area contributed by atoms with Crippen molar-refractivity contribution in [3.8, 4) is 0 Å². The Hall–Kier alpha value is -2.67. The van der Waals surface area contributed by atoms with Crippen LogP contribution in [0.2, 0.25) is 0 Å². The van der Waals surface area contributed by atoms with Crippen LogP contribution in [0, 0.1) is 13.8 Å². The van der Waals surface area contributed by atoms with E-state index >= 15 is 0 Å². The van der Waals surface area contributed by atoms with E-state index < -0.39 is 17.9 Å². The number of hydrogen-bond donors (Lipinski definition) is 2. The van der Waals surface area contributed by atoms with E-state index in [0.717, 1.165) is 17.0 Å². The molecule has 0 saturated heterocycles. The summed E-state index contributed by atoms with van der Waals surface area (Å²) in [6.45, 7) is 10.4. The number of ether oxygens (including phenoxy) is 1. The Morgan fingerprint density at radius 3 is 2.54 bits per heavy atom. The SMILES string of the molecule is Cc1cc(C)n(Cc2cccc(C(=O)NC(CCOC(C)(C)C)C(=O)O)c2)n1. The summed E-state index contributed by atoms with van der Waals surface area (Å²) in [7, 11) is 0. The van der Waals surface area contributed by atoms with Crippen molar-refractivity contribution in [3.63, 3.8) is 0 Å². The molecule has 0 aliphatic heterocycles. The van der Waals surface area contributed by atoms with E-state index in [4.69, 9.17) is 4.74 Å². The second-order valence-electron chi connectivity index (χ2n) is 7.90. The van der Waals surface area contributed by atoms with E-state index in [2.05, 4.69) is 10.4 Å². The topological polar surface area (TPSA) is 93.5 Å². The van der Waals surface area contributed by atoms with Crippen LogP contribution < -0.4 is 5.32 Å². The minimum absolute atomic E-state index is 0.198. The van der Waals surface area contributed by atoms with Gasteiger partial charge in [0.1, 0.15) is 6.04 Å². The van der Waals surface area contributed by atoms with E-state index in [1.807, 2.05) is 51.4 Å². The van der Waals surface area contributed by atoms with Crippen LogP contribution in [0.25, 0.3) is 0 Å². The zero-order valence-electron chi connectivity index (χ0n) is 17.2. The van der Waals surface area contributed by atoms with E-state index in [-0.39, 0.29) is 18.6 Å². The van der Waals surface area contributed by atoms with Gasteiger partial charge in [0.05, 0.1) is 17.8 Å². The van der Waals surface area contributed by atoms with Crippen molar-refractivity contribution in [2.24, 2.45) is 0 Å². The van der Waals surface area contributed by atoms with E-state index in [9.17, 15) is 14.7 Å². The Morgan fingerprint density at radius 2 is 1.96 bits per heavy atom. The van der Waals surface area contributed by atoms with Gasteiger partial charge >= 0.3 is 5.97 Å². The lowest BCUT2D eigenvalue weighted by atomic mass is 10.1. The van der Waals surface area contributed by atoms with Crippen molar-refractivity contribution in [2.75, 3.05) is 6.61 Å². The fourth-order valence-corrected chi connectivity index (χ4v) is 2.80. The summed E-state index contributed by atoms with van der Waals surface area (Å²) < 4.78 is 7.44. The number of carbonyl (C=O) groups excluding carboxylic acids is 1. The second-order valence-corrected chi connectivity index (χ2v) is 7.90. The quantitative estimate of drug-likeness (QED) is 0.726. The molecule has 2 N–H and O–H groups in total. The normalized spacial score (nSPS) is 12.6. The maximum Gasteiger partial charge on any atom is 0.326 e. The van der Waals surface area contributed by atoms with Gasteiger partial charge < -0.3 is 15.2 Å². The standard InChI is InChI=1S/C21H29N3O4/c1-14-11-15(2)24(23-14)13-16-7-6-8-17(12-16)19(25)22-18(20(26)27)9-10-28-21(3,4)5/h6-8,11-12,18H,9-10,13H2,1-5H3,(H,22,25)(H,26,27). The molecule has 0 saturated carbocycles. The molecule has 0 spiro atoms. The van der Waals surface area contributed by atoms with Crippen molar-refractivity contribution in [3.05, 3.63) is 52.8 Å². The highest BCUT2D eigenvalue weighted by atomic mass is 16.5. The Morgan fingerprint density at radius 1 is 1.25 bits per heavy atom. The lowest BCUT2D eigenvalue weighted by molar-refractivity contribution is -0.140. The number of carboxylic acids is 1. The lowest BCUT2D eigenvalue weighted by Crippen LogP contribution is -2.42. The molecule has 1 aromatic heterocycles. The molecule has 2 rings (SSSR count). The Bertz CT molecular complexity index is 836. The second kappa shape index (κ2) is 9.01. The number of amides is 1. The average Bonchev–Trinajstić information content (AvgIpc) is 2.90. The summed E-state index contributed by atoms with van der Waals surface area (Å²) in [6, 6.07) is 8.12. The van der Waals surface area contributed by atoms with E-state index in [1.54, 1.807) is 18.2 Å². The van der Waals surface area contributed by atoms with Crippen LogP contribution in [-0.2, 0) is 16.1 Å². The molecule has 1 heterocycles. The zero-order valence-corrected chi connectivity index (χ0v) is 17.2. The van der Waals surface area contributed by atoms with Gasteiger partial charge in [0.2, 0.25) is 0 Å². The summed E-state index contributed by atoms with van der Waals surface area (Å²) >= 11 is 0. The molecule has 0 aliphatic rings. The van der Waals surface area contributed by atoms with Gasteiger partial charge in [-0.2, -0.15) is 5.10 Å². The first kappa shape index (κ1) is 21.6. The minimum Gasteiger partial charge on any atom is -0.480 e. The highest BCUT2D eigenvalue weighted by Crippen LogP contribution is 2.11. The molecule has 152 valence electrons. The maximum atomic E-state index is 12.6. The number of nitrogens with zero attached hydrogens (tertiary/aromatic N) is 2. The van der Waals surface area contributed by atoms with Crippen LogP contribution in [0.5, 0.6) is 0 Å². The van der Waals surface area contributed by atoms with Crippen LogP contribution in [0.3, 0.4) is 0 Å². The monoisotopic (exact) mass is 387 g/mol. The molecule has 1 aromatic carbocycles. The largest absolute Gasteiger partial charge is 0.480 e. The van der Waals surface area contributed by atoms with E-state index in [1.165, 1.54) is 0 Å². The number of rotatable bonds is 8. The number of aromatic nitrogens is 2. The molecule has 1 atom stereocenters. The van der Waals surface area contributed by atoms with Gasteiger partial charge in [-0.25, -0.2) is 4.79 Å². The van der Waals surface area contributed by atoms with Gasteiger partial charge in [-0.1, -0.05) is 12.1 Å². The third-order valence-corrected chi connectivity index (χ3v) is 4.17. The molecular formula is C21H29N3O4. The molecule has 28 heavy (non-hydrogen) atoms.